The largest absolute Gasteiger partial charge is 0.331 e. The third-order valence-electron chi connectivity index (χ3n) is 6.40. The van der Waals surface area contributed by atoms with E-state index in [1.165, 1.54) is 6.07 Å². The lowest BCUT2D eigenvalue weighted by Crippen LogP contribution is -2.42. The maximum absolute atomic E-state index is 14.5. The minimum Gasteiger partial charge on any atom is -0.331 e. The number of benzene rings is 2. The minimum absolute atomic E-state index is 0.146. The van der Waals surface area contributed by atoms with E-state index < -0.39 is 0 Å². The quantitative estimate of drug-likeness (QED) is 0.689. The van der Waals surface area contributed by atoms with Crippen molar-refractivity contribution in [1.29, 1.82) is 0 Å². The molecular weight excluding hydrogens is 363 g/mol. The molecule has 0 fully saturated rings. The zero-order valence-electron chi connectivity index (χ0n) is 17.1. The van der Waals surface area contributed by atoms with Crippen molar-refractivity contribution in [2.45, 2.75) is 45.1 Å². The molecule has 0 aromatic heterocycles. The molecule has 2 aromatic carbocycles. The van der Waals surface area contributed by atoms with Crippen LogP contribution in [0.15, 0.2) is 53.5 Å². The first-order valence-corrected chi connectivity index (χ1v) is 10.8. The average molecular weight is 393 g/mol. The molecule has 1 amide bonds. The molecule has 4 rings (SSSR count). The van der Waals surface area contributed by atoms with E-state index in [9.17, 15) is 9.18 Å². The van der Waals surface area contributed by atoms with Gasteiger partial charge in [-0.1, -0.05) is 62.2 Å². The summed E-state index contributed by atoms with van der Waals surface area (Å²) < 4.78 is 14.5. The molecule has 29 heavy (non-hydrogen) atoms. The zero-order chi connectivity index (χ0) is 20.2. The number of hydrogen-bond acceptors (Lipinski definition) is 2. The summed E-state index contributed by atoms with van der Waals surface area (Å²) in [6.07, 6.45) is 6.40. The number of carbonyl (C=O) groups excluding carboxylic acids is 1. The van der Waals surface area contributed by atoms with Gasteiger partial charge in [-0.15, -0.1) is 0 Å². The first-order valence-electron chi connectivity index (χ1n) is 10.8. The van der Waals surface area contributed by atoms with Gasteiger partial charge in [0.1, 0.15) is 5.82 Å². The van der Waals surface area contributed by atoms with Crippen LogP contribution in [0.2, 0.25) is 0 Å². The Kier molecular flexibility index (Phi) is 6.08. The molecule has 0 saturated heterocycles. The molecule has 3 nitrogen and oxygen atoms in total. The van der Waals surface area contributed by atoms with Crippen LogP contribution in [0.3, 0.4) is 0 Å². The Bertz CT molecular complexity index is 880. The Morgan fingerprint density at radius 3 is 2.79 bits per heavy atom. The highest BCUT2D eigenvalue weighted by Gasteiger charge is 2.35. The first kappa shape index (κ1) is 19.8. The van der Waals surface area contributed by atoms with E-state index >= 15 is 0 Å². The highest BCUT2D eigenvalue weighted by atomic mass is 19.1. The summed E-state index contributed by atoms with van der Waals surface area (Å²) in [4.78, 5) is 19.9. The predicted octanol–water partition coefficient (Wildman–Crippen LogP) is 5.20. The second kappa shape index (κ2) is 8.89. The number of fused-ring (bicyclic) bond motifs is 1. The maximum atomic E-state index is 14.5. The van der Waals surface area contributed by atoms with Crippen molar-refractivity contribution in [3.63, 3.8) is 0 Å². The summed E-state index contributed by atoms with van der Waals surface area (Å²) in [5.41, 5.74) is 2.70. The van der Waals surface area contributed by atoms with Crippen LogP contribution in [0.5, 0.6) is 0 Å². The number of aliphatic imine (C=N–C) groups is 1. The molecule has 2 heterocycles. The number of carbonyl (C=O) groups is 1. The van der Waals surface area contributed by atoms with E-state index in [0.717, 1.165) is 42.5 Å². The van der Waals surface area contributed by atoms with Gasteiger partial charge in [-0.05, 0) is 41.5 Å². The lowest BCUT2D eigenvalue weighted by molar-refractivity contribution is -0.134. The van der Waals surface area contributed by atoms with Gasteiger partial charge in [-0.3, -0.25) is 9.79 Å². The number of nitrogens with zero attached hydrogens (tertiary/aromatic N) is 2. The maximum Gasteiger partial charge on any atom is 0.224 e. The predicted molar refractivity (Wildman–Crippen MR) is 115 cm³/mol. The minimum atomic E-state index is -0.228. The highest BCUT2D eigenvalue weighted by molar-refractivity contribution is 5.81. The molecule has 0 saturated carbocycles. The van der Waals surface area contributed by atoms with Gasteiger partial charge in [0.2, 0.25) is 5.91 Å². The fraction of sp³-hybridized carbons (Fsp3) is 0.440. The van der Waals surface area contributed by atoms with Crippen molar-refractivity contribution < 1.29 is 9.18 Å². The molecule has 3 atom stereocenters. The fourth-order valence-corrected chi connectivity index (χ4v) is 4.94. The van der Waals surface area contributed by atoms with Crippen molar-refractivity contribution in [2.75, 3.05) is 13.1 Å². The van der Waals surface area contributed by atoms with Crippen LogP contribution in [-0.2, 0) is 11.2 Å². The molecule has 0 unspecified atom stereocenters. The molecule has 2 aliphatic rings. The van der Waals surface area contributed by atoms with Gasteiger partial charge < -0.3 is 4.90 Å². The van der Waals surface area contributed by atoms with Crippen molar-refractivity contribution in [3.8, 4) is 0 Å². The lowest BCUT2D eigenvalue weighted by Gasteiger charge is -2.39. The van der Waals surface area contributed by atoms with E-state index in [4.69, 9.17) is 0 Å². The molecule has 0 aliphatic carbocycles. The SMILES string of the molecule is CCC[C@H]1CCN=C[C@H]1CC(=O)N1CCc2c(F)cccc2[C@@H]1c1ccccc1. The molecule has 4 heteroatoms. The van der Waals surface area contributed by atoms with E-state index in [1.54, 1.807) is 6.07 Å². The molecular formula is C25H29FN2O. The summed E-state index contributed by atoms with van der Waals surface area (Å²) in [7, 11) is 0. The van der Waals surface area contributed by atoms with Crippen LogP contribution in [-0.4, -0.2) is 30.1 Å². The number of halogens is 1. The fourth-order valence-electron chi connectivity index (χ4n) is 4.94. The van der Waals surface area contributed by atoms with Crippen LogP contribution in [0.1, 0.15) is 55.3 Å². The van der Waals surface area contributed by atoms with E-state index in [-0.39, 0.29) is 23.7 Å². The second-order valence-electron chi connectivity index (χ2n) is 8.22. The number of rotatable bonds is 5. The highest BCUT2D eigenvalue weighted by Crippen LogP contribution is 2.37. The van der Waals surface area contributed by atoms with Crippen LogP contribution in [0.25, 0.3) is 0 Å². The molecule has 0 radical (unpaired) electrons. The topological polar surface area (TPSA) is 32.7 Å². The molecule has 2 aliphatic heterocycles. The second-order valence-corrected chi connectivity index (χ2v) is 8.22. The Morgan fingerprint density at radius 2 is 2.00 bits per heavy atom. The van der Waals surface area contributed by atoms with Gasteiger partial charge in [-0.2, -0.15) is 0 Å². The van der Waals surface area contributed by atoms with Crippen LogP contribution >= 0.6 is 0 Å². The van der Waals surface area contributed by atoms with Crippen molar-refractivity contribution in [3.05, 3.63) is 71.0 Å². The normalized spacial score (nSPS) is 23.7. The van der Waals surface area contributed by atoms with Crippen molar-refractivity contribution >= 4 is 12.1 Å². The number of amides is 1. The van der Waals surface area contributed by atoms with Crippen LogP contribution < -0.4 is 0 Å². The molecule has 0 bridgehead atoms. The average Bonchev–Trinajstić information content (AvgIpc) is 2.75. The smallest absolute Gasteiger partial charge is 0.224 e. The van der Waals surface area contributed by atoms with Gasteiger partial charge in [0, 0.05) is 31.6 Å². The van der Waals surface area contributed by atoms with Crippen molar-refractivity contribution in [1.82, 2.24) is 4.90 Å². The van der Waals surface area contributed by atoms with Gasteiger partial charge in [-0.25, -0.2) is 4.39 Å². The molecule has 0 N–H and O–H groups in total. The van der Waals surface area contributed by atoms with E-state index in [2.05, 4.69) is 11.9 Å². The Morgan fingerprint density at radius 1 is 1.17 bits per heavy atom. The molecule has 2 aromatic rings. The summed E-state index contributed by atoms with van der Waals surface area (Å²) in [5, 5.41) is 0. The first-order chi connectivity index (χ1) is 14.2. The monoisotopic (exact) mass is 392 g/mol. The third kappa shape index (κ3) is 4.12. The summed E-state index contributed by atoms with van der Waals surface area (Å²) in [6, 6.07) is 15.0. The summed E-state index contributed by atoms with van der Waals surface area (Å²) in [5.74, 6) is 0.721. The number of hydrogen-bond donors (Lipinski definition) is 0. The standard InChI is InChI=1S/C25H29FN2O/c1-2-7-18-12-14-27-17-20(18)16-24(29)28-15-13-21-22(10-6-11-23(21)26)25(28)19-8-4-3-5-9-19/h3-6,8-11,17-18,20,25H,2,7,12-16H2,1H3/t18-,20+,25-/m0/s1. The van der Waals surface area contributed by atoms with E-state index in [0.29, 0.717) is 25.3 Å². The van der Waals surface area contributed by atoms with E-state index in [1.807, 2.05) is 47.5 Å². The van der Waals surface area contributed by atoms with Crippen LogP contribution in [0.4, 0.5) is 4.39 Å². The van der Waals surface area contributed by atoms with Crippen LogP contribution in [0, 0.1) is 17.7 Å². The third-order valence-corrected chi connectivity index (χ3v) is 6.40. The molecule has 152 valence electrons. The Balaban J connectivity index is 1.64. The Hall–Kier alpha value is -2.49. The lowest BCUT2D eigenvalue weighted by atomic mass is 9.82. The summed E-state index contributed by atoms with van der Waals surface area (Å²) in [6.45, 7) is 3.62. The zero-order valence-corrected chi connectivity index (χ0v) is 17.1. The van der Waals surface area contributed by atoms with Gasteiger partial charge in [0.05, 0.1) is 6.04 Å². The molecule has 0 spiro atoms. The van der Waals surface area contributed by atoms with Gasteiger partial charge in [0.25, 0.3) is 0 Å². The van der Waals surface area contributed by atoms with Gasteiger partial charge in [0.15, 0.2) is 0 Å². The van der Waals surface area contributed by atoms with Gasteiger partial charge >= 0.3 is 0 Å². The Labute approximate surface area is 172 Å². The van der Waals surface area contributed by atoms with Crippen molar-refractivity contribution in [2.24, 2.45) is 16.8 Å². The summed E-state index contributed by atoms with van der Waals surface area (Å²) >= 11 is 0.